The molecule has 1 aromatic carbocycles. The predicted octanol–water partition coefficient (Wildman–Crippen LogP) is 3.32. The Balaban J connectivity index is 1.80. The molecule has 1 atom stereocenters. The van der Waals surface area contributed by atoms with Crippen LogP contribution in [0.5, 0.6) is 0 Å². The predicted molar refractivity (Wildman–Crippen MR) is 96.2 cm³/mol. The molecular weight excluding hydrogens is 300 g/mol. The number of hydrogen-bond acceptors (Lipinski definition) is 2. The largest absolute Gasteiger partial charge is 0.349 e. The summed E-state index contributed by atoms with van der Waals surface area (Å²) < 4.78 is 4.16. The van der Waals surface area contributed by atoms with Crippen molar-refractivity contribution in [2.24, 2.45) is 7.05 Å². The molecular formula is C19H24N4O. The fourth-order valence-corrected chi connectivity index (χ4v) is 3.06. The first kappa shape index (κ1) is 16.3. The molecule has 2 aromatic heterocycles. The molecule has 1 N–H and O–H groups in total. The standard InChI is InChI=1S/C19H24N4O/c1-13(2)23-10-8-15-16(6-5-7-17(15)23)19(24)21-14(3)12-18-20-9-11-22(18)4/h5-11,13-14H,12H2,1-4H3,(H,21,24). The quantitative estimate of drug-likeness (QED) is 0.783. The van der Waals surface area contributed by atoms with E-state index >= 15 is 0 Å². The summed E-state index contributed by atoms with van der Waals surface area (Å²) in [4.78, 5) is 17.0. The SMILES string of the molecule is CC(Cc1nccn1C)NC(=O)c1cccc2c1ccn2C(C)C. The van der Waals surface area contributed by atoms with Gasteiger partial charge < -0.3 is 14.5 Å². The molecule has 0 bridgehead atoms. The molecule has 1 unspecified atom stereocenters. The van der Waals surface area contributed by atoms with Gasteiger partial charge in [-0.05, 0) is 39.0 Å². The van der Waals surface area contributed by atoms with Crippen LogP contribution in [0.25, 0.3) is 10.9 Å². The fourth-order valence-electron chi connectivity index (χ4n) is 3.06. The third-order valence-electron chi connectivity index (χ3n) is 4.35. The van der Waals surface area contributed by atoms with Crippen LogP contribution in [0.4, 0.5) is 0 Å². The minimum absolute atomic E-state index is 0.0149. The molecule has 0 aliphatic carbocycles. The van der Waals surface area contributed by atoms with Crippen LogP contribution >= 0.6 is 0 Å². The lowest BCUT2D eigenvalue weighted by Crippen LogP contribution is -2.34. The molecule has 126 valence electrons. The van der Waals surface area contributed by atoms with Crippen LogP contribution in [-0.2, 0) is 13.5 Å². The topological polar surface area (TPSA) is 51.9 Å². The number of amides is 1. The Labute approximate surface area is 142 Å². The zero-order chi connectivity index (χ0) is 17.3. The molecule has 3 aromatic rings. The van der Waals surface area contributed by atoms with Gasteiger partial charge in [-0.15, -0.1) is 0 Å². The van der Waals surface area contributed by atoms with Crippen LogP contribution < -0.4 is 5.32 Å². The van der Waals surface area contributed by atoms with Crippen LogP contribution in [0.3, 0.4) is 0 Å². The Kier molecular flexibility index (Phi) is 4.42. The lowest BCUT2D eigenvalue weighted by Gasteiger charge is -2.15. The maximum atomic E-state index is 12.7. The van der Waals surface area contributed by atoms with Crippen LogP contribution in [0.1, 0.15) is 43.0 Å². The lowest BCUT2D eigenvalue weighted by atomic mass is 10.1. The average Bonchev–Trinajstić information content (AvgIpc) is 3.13. The fraction of sp³-hybridized carbons (Fsp3) is 0.368. The van der Waals surface area contributed by atoms with Crippen molar-refractivity contribution in [1.82, 2.24) is 19.4 Å². The van der Waals surface area contributed by atoms with Crippen molar-refractivity contribution in [3.63, 3.8) is 0 Å². The summed E-state index contributed by atoms with van der Waals surface area (Å²) in [6.07, 6.45) is 6.44. The van der Waals surface area contributed by atoms with Gasteiger partial charge in [0.15, 0.2) is 0 Å². The Hall–Kier alpha value is -2.56. The summed E-state index contributed by atoms with van der Waals surface area (Å²) in [5, 5.41) is 4.08. The van der Waals surface area contributed by atoms with Gasteiger partial charge in [0.05, 0.1) is 0 Å². The molecule has 5 heteroatoms. The average molecular weight is 324 g/mol. The number of aromatic nitrogens is 3. The number of nitrogens with zero attached hydrogens (tertiary/aromatic N) is 3. The normalized spacial score (nSPS) is 12.7. The Bertz CT molecular complexity index is 859. The minimum atomic E-state index is -0.0381. The molecule has 0 aliphatic rings. The molecule has 0 aliphatic heterocycles. The third kappa shape index (κ3) is 3.07. The van der Waals surface area contributed by atoms with Crippen molar-refractivity contribution in [3.05, 3.63) is 54.2 Å². The Morgan fingerprint density at radius 2 is 2.00 bits per heavy atom. The summed E-state index contributed by atoms with van der Waals surface area (Å²) in [6, 6.07) is 8.29. The van der Waals surface area contributed by atoms with E-state index in [9.17, 15) is 4.79 Å². The molecule has 0 saturated carbocycles. The molecule has 24 heavy (non-hydrogen) atoms. The van der Waals surface area contributed by atoms with Gasteiger partial charge in [0, 0.05) is 60.6 Å². The van der Waals surface area contributed by atoms with E-state index in [4.69, 9.17) is 0 Å². The first-order chi connectivity index (χ1) is 11.5. The van der Waals surface area contributed by atoms with Gasteiger partial charge in [-0.1, -0.05) is 6.07 Å². The Morgan fingerprint density at radius 3 is 2.67 bits per heavy atom. The third-order valence-corrected chi connectivity index (χ3v) is 4.35. The van der Waals surface area contributed by atoms with Crippen molar-refractivity contribution >= 4 is 16.8 Å². The maximum Gasteiger partial charge on any atom is 0.252 e. The van der Waals surface area contributed by atoms with Crippen LogP contribution in [0, 0.1) is 0 Å². The number of nitrogens with one attached hydrogen (secondary N) is 1. The first-order valence-electron chi connectivity index (χ1n) is 8.34. The second-order valence-corrected chi connectivity index (χ2v) is 6.59. The van der Waals surface area contributed by atoms with Gasteiger partial charge >= 0.3 is 0 Å². The van der Waals surface area contributed by atoms with Gasteiger partial charge in [0.25, 0.3) is 5.91 Å². The summed E-state index contributed by atoms with van der Waals surface area (Å²) in [5.41, 5.74) is 1.81. The number of fused-ring (bicyclic) bond motifs is 1. The van der Waals surface area contributed by atoms with E-state index in [1.807, 2.05) is 49.1 Å². The van der Waals surface area contributed by atoms with Crippen molar-refractivity contribution in [3.8, 4) is 0 Å². The summed E-state index contributed by atoms with van der Waals surface area (Å²) in [6.45, 7) is 6.29. The van der Waals surface area contributed by atoms with Crippen LogP contribution in [-0.4, -0.2) is 26.1 Å². The highest BCUT2D eigenvalue weighted by Crippen LogP contribution is 2.23. The van der Waals surface area contributed by atoms with Crippen molar-refractivity contribution < 1.29 is 4.79 Å². The van der Waals surface area contributed by atoms with E-state index in [1.54, 1.807) is 6.20 Å². The van der Waals surface area contributed by atoms with E-state index in [2.05, 4.69) is 34.8 Å². The van der Waals surface area contributed by atoms with Gasteiger partial charge in [-0.2, -0.15) is 0 Å². The number of carbonyl (C=O) groups is 1. The Morgan fingerprint density at radius 1 is 1.21 bits per heavy atom. The second kappa shape index (κ2) is 6.51. The zero-order valence-electron chi connectivity index (χ0n) is 14.7. The number of rotatable bonds is 5. The summed E-state index contributed by atoms with van der Waals surface area (Å²) >= 11 is 0. The molecule has 0 fully saturated rings. The number of carbonyl (C=O) groups excluding carboxylic acids is 1. The number of aryl methyl sites for hydroxylation is 1. The lowest BCUT2D eigenvalue weighted by molar-refractivity contribution is 0.0941. The van der Waals surface area contributed by atoms with Crippen LogP contribution in [0.2, 0.25) is 0 Å². The number of imidazole rings is 1. The molecule has 0 radical (unpaired) electrons. The smallest absolute Gasteiger partial charge is 0.252 e. The number of hydrogen-bond donors (Lipinski definition) is 1. The molecule has 0 saturated heterocycles. The van der Waals surface area contributed by atoms with E-state index in [0.29, 0.717) is 12.5 Å². The second-order valence-electron chi connectivity index (χ2n) is 6.59. The highest BCUT2D eigenvalue weighted by Gasteiger charge is 2.16. The van der Waals surface area contributed by atoms with Gasteiger partial charge in [-0.3, -0.25) is 4.79 Å². The first-order valence-corrected chi connectivity index (χ1v) is 8.34. The van der Waals surface area contributed by atoms with Gasteiger partial charge in [-0.25, -0.2) is 4.98 Å². The van der Waals surface area contributed by atoms with E-state index < -0.39 is 0 Å². The molecule has 1 amide bonds. The van der Waals surface area contributed by atoms with E-state index in [1.165, 1.54) is 0 Å². The molecule has 2 heterocycles. The summed E-state index contributed by atoms with van der Waals surface area (Å²) in [7, 11) is 1.96. The maximum absolute atomic E-state index is 12.7. The minimum Gasteiger partial charge on any atom is -0.349 e. The molecule has 5 nitrogen and oxygen atoms in total. The monoisotopic (exact) mass is 324 g/mol. The van der Waals surface area contributed by atoms with Crippen molar-refractivity contribution in [2.45, 2.75) is 39.3 Å². The number of benzene rings is 1. The molecule has 3 rings (SSSR count). The van der Waals surface area contributed by atoms with Crippen LogP contribution in [0.15, 0.2) is 42.9 Å². The van der Waals surface area contributed by atoms with Gasteiger partial charge in [0.2, 0.25) is 0 Å². The van der Waals surface area contributed by atoms with E-state index in [-0.39, 0.29) is 11.9 Å². The highest BCUT2D eigenvalue weighted by atomic mass is 16.1. The highest BCUT2D eigenvalue weighted by molar-refractivity contribution is 6.06. The van der Waals surface area contributed by atoms with Crippen molar-refractivity contribution in [1.29, 1.82) is 0 Å². The van der Waals surface area contributed by atoms with Gasteiger partial charge in [0.1, 0.15) is 5.82 Å². The molecule has 0 spiro atoms. The van der Waals surface area contributed by atoms with E-state index in [0.717, 1.165) is 22.3 Å². The zero-order valence-corrected chi connectivity index (χ0v) is 14.7. The summed E-state index contributed by atoms with van der Waals surface area (Å²) in [5.74, 6) is 0.927. The van der Waals surface area contributed by atoms with Crippen molar-refractivity contribution in [2.75, 3.05) is 0 Å².